The Morgan fingerprint density at radius 1 is 0.900 bits per heavy atom. The number of hydrogen-bond donors (Lipinski definition) is 1. The lowest BCUT2D eigenvalue weighted by Crippen LogP contribution is -2.48. The second-order valence-corrected chi connectivity index (χ2v) is 10.8. The van der Waals surface area contributed by atoms with Crippen molar-refractivity contribution in [1.29, 1.82) is 0 Å². The summed E-state index contributed by atoms with van der Waals surface area (Å²) in [6.07, 6.45) is 2.08. The van der Waals surface area contributed by atoms with Crippen LogP contribution in [0.5, 0.6) is 0 Å². The van der Waals surface area contributed by atoms with Gasteiger partial charge in [-0.2, -0.15) is 0 Å². The topological polar surface area (TPSA) is 105 Å². The van der Waals surface area contributed by atoms with Gasteiger partial charge in [0.2, 0.25) is 11.8 Å². The van der Waals surface area contributed by atoms with Gasteiger partial charge in [0.15, 0.2) is 0 Å². The molecule has 4 rings (SSSR count). The Morgan fingerprint density at radius 3 is 2.15 bits per heavy atom. The maximum Gasteiger partial charge on any atom is 0.261 e. The van der Waals surface area contributed by atoms with E-state index in [0.29, 0.717) is 63.1 Å². The van der Waals surface area contributed by atoms with E-state index in [1.807, 2.05) is 44.2 Å². The van der Waals surface area contributed by atoms with E-state index in [9.17, 15) is 19.2 Å². The van der Waals surface area contributed by atoms with Crippen molar-refractivity contribution < 1.29 is 28.8 Å². The number of nitrogens with zero attached hydrogens (tertiary/aromatic N) is 2. The first kappa shape index (κ1) is 29.4. The minimum absolute atomic E-state index is 0.0412. The molecular formula is C31H39N3O6. The van der Waals surface area contributed by atoms with Crippen molar-refractivity contribution in [2.45, 2.75) is 46.1 Å². The first-order chi connectivity index (χ1) is 19.4. The van der Waals surface area contributed by atoms with Crippen LogP contribution in [0.3, 0.4) is 0 Å². The molecule has 1 saturated heterocycles. The van der Waals surface area contributed by atoms with Gasteiger partial charge in [0.05, 0.1) is 42.8 Å². The SMILES string of the molecule is CC(C)C[C@@H](C(=O)N1CCOCC1)C(CCCCN1C(=O)c2ccccc2C1=O)C(=O)NOCc1ccccc1. The number of rotatable bonds is 13. The molecule has 2 aromatic carbocycles. The average molecular weight is 550 g/mol. The summed E-state index contributed by atoms with van der Waals surface area (Å²) in [5.74, 6) is -1.87. The number of carbonyl (C=O) groups excluding carboxylic acids is 4. The fourth-order valence-corrected chi connectivity index (χ4v) is 5.40. The molecule has 40 heavy (non-hydrogen) atoms. The Labute approximate surface area is 235 Å². The Kier molecular flexibility index (Phi) is 10.4. The van der Waals surface area contributed by atoms with E-state index in [1.54, 1.807) is 29.2 Å². The Balaban J connectivity index is 1.42. The van der Waals surface area contributed by atoms with Crippen LogP contribution in [0.2, 0.25) is 0 Å². The molecule has 214 valence electrons. The van der Waals surface area contributed by atoms with Gasteiger partial charge < -0.3 is 9.64 Å². The molecule has 2 atom stereocenters. The highest BCUT2D eigenvalue weighted by atomic mass is 16.6. The zero-order chi connectivity index (χ0) is 28.5. The number of nitrogens with one attached hydrogen (secondary N) is 1. The number of amides is 4. The van der Waals surface area contributed by atoms with Crippen molar-refractivity contribution in [3.63, 3.8) is 0 Å². The highest BCUT2D eigenvalue weighted by molar-refractivity contribution is 6.21. The van der Waals surface area contributed by atoms with E-state index in [0.717, 1.165) is 5.56 Å². The summed E-state index contributed by atoms with van der Waals surface area (Å²) < 4.78 is 5.43. The molecule has 0 spiro atoms. The molecule has 1 unspecified atom stereocenters. The number of morpholine rings is 1. The monoisotopic (exact) mass is 549 g/mol. The molecule has 0 aromatic heterocycles. The fourth-order valence-electron chi connectivity index (χ4n) is 5.40. The minimum Gasteiger partial charge on any atom is -0.378 e. The summed E-state index contributed by atoms with van der Waals surface area (Å²) in [6.45, 7) is 6.54. The largest absolute Gasteiger partial charge is 0.378 e. The van der Waals surface area contributed by atoms with Crippen molar-refractivity contribution in [2.75, 3.05) is 32.8 Å². The summed E-state index contributed by atoms with van der Waals surface area (Å²) in [7, 11) is 0. The first-order valence-electron chi connectivity index (χ1n) is 14.1. The molecular weight excluding hydrogens is 510 g/mol. The summed E-state index contributed by atoms with van der Waals surface area (Å²) in [6, 6.07) is 16.4. The quantitative estimate of drug-likeness (QED) is 0.231. The second kappa shape index (κ2) is 14.2. The van der Waals surface area contributed by atoms with Crippen LogP contribution in [0.15, 0.2) is 54.6 Å². The Bertz CT molecular complexity index is 1140. The predicted molar refractivity (Wildman–Crippen MR) is 149 cm³/mol. The van der Waals surface area contributed by atoms with Crippen LogP contribution in [-0.2, 0) is 25.8 Å². The number of ether oxygens (including phenoxy) is 1. The Morgan fingerprint density at radius 2 is 1.52 bits per heavy atom. The first-order valence-corrected chi connectivity index (χ1v) is 14.1. The summed E-state index contributed by atoms with van der Waals surface area (Å²) in [4.78, 5) is 61.3. The number of benzene rings is 2. The molecule has 2 heterocycles. The molecule has 9 nitrogen and oxygen atoms in total. The summed E-state index contributed by atoms with van der Waals surface area (Å²) in [5.41, 5.74) is 4.37. The van der Waals surface area contributed by atoms with Crippen LogP contribution in [0.1, 0.15) is 65.8 Å². The van der Waals surface area contributed by atoms with Gasteiger partial charge in [0, 0.05) is 19.6 Å². The molecule has 2 aliphatic rings. The number of hydrogen-bond acceptors (Lipinski definition) is 6. The molecule has 1 N–H and O–H groups in total. The summed E-state index contributed by atoms with van der Waals surface area (Å²) >= 11 is 0. The lowest BCUT2D eigenvalue weighted by Gasteiger charge is -2.34. The van der Waals surface area contributed by atoms with Gasteiger partial charge in [0.1, 0.15) is 0 Å². The third-order valence-electron chi connectivity index (χ3n) is 7.47. The molecule has 1 fully saturated rings. The van der Waals surface area contributed by atoms with Gasteiger partial charge in [-0.15, -0.1) is 0 Å². The maximum atomic E-state index is 13.7. The van der Waals surface area contributed by atoms with Crippen molar-refractivity contribution in [1.82, 2.24) is 15.3 Å². The van der Waals surface area contributed by atoms with E-state index >= 15 is 0 Å². The molecule has 0 radical (unpaired) electrons. The van der Waals surface area contributed by atoms with E-state index in [1.165, 1.54) is 4.90 Å². The smallest absolute Gasteiger partial charge is 0.261 e. The number of fused-ring (bicyclic) bond motifs is 1. The number of imide groups is 1. The molecule has 2 aliphatic heterocycles. The van der Waals surface area contributed by atoms with Crippen LogP contribution in [0.4, 0.5) is 0 Å². The lowest BCUT2D eigenvalue weighted by atomic mass is 9.80. The van der Waals surface area contributed by atoms with Crippen molar-refractivity contribution in [3.8, 4) is 0 Å². The van der Waals surface area contributed by atoms with Crippen LogP contribution in [0, 0.1) is 17.8 Å². The molecule has 4 amide bonds. The van der Waals surface area contributed by atoms with E-state index in [2.05, 4.69) is 5.48 Å². The molecule has 2 aromatic rings. The lowest BCUT2D eigenvalue weighted by molar-refractivity contribution is -0.151. The number of carbonyl (C=O) groups is 4. The maximum absolute atomic E-state index is 13.7. The third kappa shape index (κ3) is 7.34. The highest BCUT2D eigenvalue weighted by Crippen LogP contribution is 2.29. The van der Waals surface area contributed by atoms with Crippen LogP contribution in [-0.4, -0.2) is 66.3 Å². The third-order valence-corrected chi connectivity index (χ3v) is 7.47. The fraction of sp³-hybridized carbons (Fsp3) is 0.484. The molecule has 0 saturated carbocycles. The van der Waals surface area contributed by atoms with Gasteiger partial charge in [0.25, 0.3) is 11.8 Å². The Hall–Kier alpha value is -3.56. The molecule has 9 heteroatoms. The van der Waals surface area contributed by atoms with Crippen molar-refractivity contribution in [2.24, 2.45) is 17.8 Å². The predicted octanol–water partition coefficient (Wildman–Crippen LogP) is 3.84. The zero-order valence-corrected chi connectivity index (χ0v) is 23.3. The van der Waals surface area contributed by atoms with Gasteiger partial charge in [-0.05, 0) is 42.9 Å². The number of unbranched alkanes of at least 4 members (excludes halogenated alkanes) is 1. The number of hydroxylamine groups is 1. The van der Waals surface area contributed by atoms with Gasteiger partial charge >= 0.3 is 0 Å². The van der Waals surface area contributed by atoms with Crippen molar-refractivity contribution >= 4 is 23.6 Å². The second-order valence-electron chi connectivity index (χ2n) is 10.8. The highest BCUT2D eigenvalue weighted by Gasteiger charge is 2.38. The zero-order valence-electron chi connectivity index (χ0n) is 23.3. The van der Waals surface area contributed by atoms with E-state index in [4.69, 9.17) is 9.57 Å². The van der Waals surface area contributed by atoms with E-state index in [-0.39, 0.29) is 42.7 Å². The van der Waals surface area contributed by atoms with Gasteiger partial charge in [-0.25, -0.2) is 5.48 Å². The van der Waals surface area contributed by atoms with Crippen LogP contribution in [0.25, 0.3) is 0 Å². The van der Waals surface area contributed by atoms with E-state index < -0.39 is 11.8 Å². The normalized spacial score (nSPS) is 16.7. The molecule has 0 aliphatic carbocycles. The molecule has 0 bridgehead atoms. The van der Waals surface area contributed by atoms with Gasteiger partial charge in [-0.3, -0.25) is 28.9 Å². The van der Waals surface area contributed by atoms with Crippen LogP contribution >= 0.6 is 0 Å². The minimum atomic E-state index is -0.615. The standard InChI is InChI=1S/C31H39N3O6/c1-22(2)20-27(29(36)33-16-18-39-19-17-33)24(28(35)32-40-21-23-10-4-3-5-11-23)12-8-9-15-34-30(37)25-13-6-7-14-26(25)31(34)38/h3-7,10-11,13-14,22,24,27H,8-9,12,15-21H2,1-2H3,(H,32,35)/t24?,27-/m1/s1. The average Bonchev–Trinajstić information content (AvgIpc) is 3.21. The van der Waals surface area contributed by atoms with Gasteiger partial charge in [-0.1, -0.05) is 62.7 Å². The van der Waals surface area contributed by atoms with Crippen LogP contribution < -0.4 is 5.48 Å². The summed E-state index contributed by atoms with van der Waals surface area (Å²) in [5, 5.41) is 0. The van der Waals surface area contributed by atoms with Crippen molar-refractivity contribution in [3.05, 3.63) is 71.3 Å².